The molecule has 1 aromatic rings. The summed E-state index contributed by atoms with van der Waals surface area (Å²) in [5, 5.41) is 0. The van der Waals surface area contributed by atoms with Crippen LogP contribution in [0.5, 0.6) is 0 Å². The molecule has 3 nitrogen and oxygen atoms in total. The van der Waals surface area contributed by atoms with Crippen molar-refractivity contribution in [3.8, 4) is 0 Å². The van der Waals surface area contributed by atoms with Crippen molar-refractivity contribution in [2.24, 2.45) is 0 Å². The van der Waals surface area contributed by atoms with Crippen LogP contribution in [-0.2, 0) is 10.0 Å². The number of anilines is 1. The van der Waals surface area contributed by atoms with Gasteiger partial charge in [0, 0.05) is 6.54 Å². The SMILES string of the molecule is CCN(c1ccccc1F)S(=O)(=O)CC. The highest BCUT2D eigenvalue weighted by atomic mass is 32.2. The summed E-state index contributed by atoms with van der Waals surface area (Å²) in [4.78, 5) is 0. The molecule has 5 heteroatoms. The Balaban J connectivity index is 3.20. The average Bonchev–Trinajstić information content (AvgIpc) is 2.21. The number of benzene rings is 1. The minimum Gasteiger partial charge on any atom is -0.268 e. The number of sulfonamides is 1. The lowest BCUT2D eigenvalue weighted by atomic mass is 10.3. The molecule has 0 aliphatic heterocycles. The second-order valence-corrected chi connectivity index (χ2v) is 5.20. The number of para-hydroxylation sites is 1. The Kier molecular flexibility index (Phi) is 3.68. The molecular weight excluding hydrogens is 217 g/mol. The molecule has 0 saturated heterocycles. The molecule has 0 aliphatic carbocycles. The van der Waals surface area contributed by atoms with Gasteiger partial charge in [-0.25, -0.2) is 12.8 Å². The molecule has 1 aromatic carbocycles. The Labute approximate surface area is 89.6 Å². The van der Waals surface area contributed by atoms with E-state index in [9.17, 15) is 12.8 Å². The molecule has 84 valence electrons. The van der Waals surface area contributed by atoms with Gasteiger partial charge in [0.15, 0.2) is 0 Å². The van der Waals surface area contributed by atoms with Gasteiger partial charge in [-0.05, 0) is 26.0 Å². The summed E-state index contributed by atoms with van der Waals surface area (Å²) in [6.07, 6.45) is 0. The summed E-state index contributed by atoms with van der Waals surface area (Å²) in [6, 6.07) is 5.87. The molecule has 0 radical (unpaired) electrons. The zero-order chi connectivity index (χ0) is 11.5. The first-order valence-electron chi connectivity index (χ1n) is 4.77. The number of nitrogens with zero attached hydrogens (tertiary/aromatic N) is 1. The maximum Gasteiger partial charge on any atom is 0.234 e. The summed E-state index contributed by atoms with van der Waals surface area (Å²) in [7, 11) is -3.39. The van der Waals surface area contributed by atoms with E-state index in [0.717, 1.165) is 4.31 Å². The lowest BCUT2D eigenvalue weighted by Gasteiger charge is -2.22. The maximum absolute atomic E-state index is 13.4. The fourth-order valence-electron chi connectivity index (χ4n) is 1.33. The first kappa shape index (κ1) is 12.0. The van der Waals surface area contributed by atoms with E-state index in [-0.39, 0.29) is 18.0 Å². The number of halogens is 1. The Morgan fingerprint density at radius 3 is 2.33 bits per heavy atom. The highest BCUT2D eigenvalue weighted by Crippen LogP contribution is 2.21. The van der Waals surface area contributed by atoms with Crippen molar-refractivity contribution in [2.75, 3.05) is 16.6 Å². The van der Waals surface area contributed by atoms with E-state index in [2.05, 4.69) is 0 Å². The summed E-state index contributed by atoms with van der Waals surface area (Å²) >= 11 is 0. The molecule has 0 aliphatic rings. The molecule has 15 heavy (non-hydrogen) atoms. The van der Waals surface area contributed by atoms with E-state index >= 15 is 0 Å². The molecule has 0 fully saturated rings. The number of hydrogen-bond acceptors (Lipinski definition) is 2. The largest absolute Gasteiger partial charge is 0.268 e. The van der Waals surface area contributed by atoms with Crippen LogP contribution in [0.1, 0.15) is 13.8 Å². The Bertz CT molecular complexity index is 431. The topological polar surface area (TPSA) is 37.4 Å². The number of rotatable bonds is 4. The molecule has 0 saturated carbocycles. The fourth-order valence-corrected chi connectivity index (χ4v) is 2.48. The second kappa shape index (κ2) is 4.61. The van der Waals surface area contributed by atoms with Crippen LogP contribution in [0.25, 0.3) is 0 Å². The molecular formula is C10H14FNO2S. The van der Waals surface area contributed by atoms with Gasteiger partial charge in [0.25, 0.3) is 0 Å². The lowest BCUT2D eigenvalue weighted by Crippen LogP contribution is -2.32. The molecule has 0 N–H and O–H groups in total. The standard InChI is InChI=1S/C10H14FNO2S/c1-3-12(15(13,14)4-2)10-8-6-5-7-9(10)11/h5-8H,3-4H2,1-2H3. The summed E-state index contributed by atoms with van der Waals surface area (Å²) < 4.78 is 37.8. The molecule has 0 aromatic heterocycles. The minimum atomic E-state index is -3.39. The van der Waals surface area contributed by atoms with Crippen molar-refractivity contribution < 1.29 is 12.8 Å². The molecule has 0 spiro atoms. The third-order valence-electron chi connectivity index (χ3n) is 2.11. The molecule has 0 bridgehead atoms. The van der Waals surface area contributed by atoms with Crippen LogP contribution in [-0.4, -0.2) is 20.7 Å². The predicted molar refractivity (Wildman–Crippen MR) is 58.9 cm³/mol. The van der Waals surface area contributed by atoms with Crippen molar-refractivity contribution in [3.63, 3.8) is 0 Å². The normalized spacial score (nSPS) is 11.4. The van der Waals surface area contributed by atoms with E-state index in [4.69, 9.17) is 0 Å². The van der Waals surface area contributed by atoms with Crippen LogP contribution < -0.4 is 4.31 Å². The zero-order valence-electron chi connectivity index (χ0n) is 8.77. The van der Waals surface area contributed by atoms with Gasteiger partial charge >= 0.3 is 0 Å². The zero-order valence-corrected chi connectivity index (χ0v) is 9.59. The van der Waals surface area contributed by atoms with Gasteiger partial charge in [-0.15, -0.1) is 0 Å². The van der Waals surface area contributed by atoms with Crippen molar-refractivity contribution in [1.29, 1.82) is 0 Å². The van der Waals surface area contributed by atoms with E-state index < -0.39 is 15.8 Å². The third kappa shape index (κ3) is 2.47. The molecule has 0 atom stereocenters. The fraction of sp³-hybridized carbons (Fsp3) is 0.400. The van der Waals surface area contributed by atoms with Crippen LogP contribution in [0.2, 0.25) is 0 Å². The molecule has 0 amide bonds. The third-order valence-corrected chi connectivity index (χ3v) is 3.97. The predicted octanol–water partition coefficient (Wildman–Crippen LogP) is 2.00. The van der Waals surface area contributed by atoms with Crippen LogP contribution in [0.15, 0.2) is 24.3 Å². The van der Waals surface area contributed by atoms with Gasteiger partial charge in [-0.1, -0.05) is 12.1 Å². The monoisotopic (exact) mass is 231 g/mol. The highest BCUT2D eigenvalue weighted by Gasteiger charge is 2.20. The van der Waals surface area contributed by atoms with E-state index in [0.29, 0.717) is 0 Å². The maximum atomic E-state index is 13.4. The molecule has 0 unspecified atom stereocenters. The summed E-state index contributed by atoms with van der Waals surface area (Å²) in [5.74, 6) is -0.550. The van der Waals surface area contributed by atoms with Crippen LogP contribution in [0, 0.1) is 5.82 Å². The quantitative estimate of drug-likeness (QED) is 0.794. The smallest absolute Gasteiger partial charge is 0.234 e. The Morgan fingerprint density at radius 2 is 1.87 bits per heavy atom. The lowest BCUT2D eigenvalue weighted by molar-refractivity contribution is 0.587. The van der Waals surface area contributed by atoms with Gasteiger partial charge in [-0.2, -0.15) is 0 Å². The Hall–Kier alpha value is -1.10. The average molecular weight is 231 g/mol. The first-order chi connectivity index (χ1) is 7.03. The van der Waals surface area contributed by atoms with Gasteiger partial charge in [-0.3, -0.25) is 4.31 Å². The van der Waals surface area contributed by atoms with E-state index in [1.807, 2.05) is 0 Å². The van der Waals surface area contributed by atoms with Crippen molar-refractivity contribution in [1.82, 2.24) is 0 Å². The van der Waals surface area contributed by atoms with Crippen molar-refractivity contribution in [3.05, 3.63) is 30.1 Å². The van der Waals surface area contributed by atoms with Gasteiger partial charge in [0.2, 0.25) is 10.0 Å². The number of hydrogen-bond donors (Lipinski definition) is 0. The van der Waals surface area contributed by atoms with Gasteiger partial charge < -0.3 is 0 Å². The van der Waals surface area contributed by atoms with E-state index in [1.54, 1.807) is 19.9 Å². The summed E-state index contributed by atoms with van der Waals surface area (Å²) in [6.45, 7) is 3.45. The van der Waals surface area contributed by atoms with Crippen molar-refractivity contribution in [2.45, 2.75) is 13.8 Å². The van der Waals surface area contributed by atoms with Crippen LogP contribution >= 0.6 is 0 Å². The molecule has 1 rings (SSSR count). The summed E-state index contributed by atoms with van der Waals surface area (Å²) in [5.41, 5.74) is 0.113. The van der Waals surface area contributed by atoms with E-state index in [1.165, 1.54) is 18.2 Å². The van der Waals surface area contributed by atoms with Crippen molar-refractivity contribution >= 4 is 15.7 Å². The van der Waals surface area contributed by atoms with Gasteiger partial charge in [0.05, 0.1) is 11.4 Å². The second-order valence-electron chi connectivity index (χ2n) is 3.02. The molecule has 0 heterocycles. The first-order valence-corrected chi connectivity index (χ1v) is 6.38. The minimum absolute atomic E-state index is 0.0326. The van der Waals surface area contributed by atoms with Crippen LogP contribution in [0.3, 0.4) is 0 Å². The van der Waals surface area contributed by atoms with Crippen LogP contribution in [0.4, 0.5) is 10.1 Å². The Morgan fingerprint density at radius 1 is 1.27 bits per heavy atom. The van der Waals surface area contributed by atoms with Gasteiger partial charge in [0.1, 0.15) is 5.82 Å². The highest BCUT2D eigenvalue weighted by molar-refractivity contribution is 7.92.